The minimum atomic E-state index is -1.17. The van der Waals surface area contributed by atoms with Gasteiger partial charge in [-0.3, -0.25) is 0 Å². The largest absolute Gasteiger partial charge is 0.493 e. The van der Waals surface area contributed by atoms with Gasteiger partial charge < -0.3 is 4.74 Å². The summed E-state index contributed by atoms with van der Waals surface area (Å²) >= 11 is 11.8. The van der Waals surface area contributed by atoms with Crippen molar-refractivity contribution in [3.63, 3.8) is 0 Å². The zero-order chi connectivity index (χ0) is 16.5. The van der Waals surface area contributed by atoms with Crippen LogP contribution in [-0.2, 0) is 6.42 Å². The molecule has 0 spiro atoms. The van der Waals surface area contributed by atoms with E-state index in [1.165, 1.54) is 62.5 Å². The van der Waals surface area contributed by atoms with E-state index < -0.39 is 7.42 Å². The highest BCUT2D eigenvalue weighted by Gasteiger charge is 2.20. The van der Waals surface area contributed by atoms with Gasteiger partial charge in [0.15, 0.2) is 0 Å². The Balaban J connectivity index is 2.04. The van der Waals surface area contributed by atoms with Gasteiger partial charge in [-0.1, -0.05) is 44.7 Å². The molecule has 1 saturated carbocycles. The van der Waals surface area contributed by atoms with Crippen molar-refractivity contribution in [3.05, 3.63) is 29.3 Å². The summed E-state index contributed by atoms with van der Waals surface area (Å²) in [5.74, 6) is 1.77. The van der Waals surface area contributed by atoms with Gasteiger partial charge in [0.25, 0.3) is 7.42 Å². The average molecular weight is 372 g/mol. The summed E-state index contributed by atoms with van der Waals surface area (Å²) in [5.41, 5.74) is 2.91. The van der Waals surface area contributed by atoms with E-state index in [1.807, 2.05) is 0 Å². The summed E-state index contributed by atoms with van der Waals surface area (Å²) in [6, 6.07) is 7.75. The van der Waals surface area contributed by atoms with E-state index >= 15 is 0 Å². The molecule has 0 aromatic heterocycles. The van der Waals surface area contributed by atoms with Crippen molar-refractivity contribution in [2.75, 3.05) is 6.61 Å². The van der Waals surface area contributed by atoms with Crippen LogP contribution in [0.1, 0.15) is 75.3 Å². The third-order valence-electron chi connectivity index (χ3n) is 4.71. The Kier molecular flexibility index (Phi) is 8.85. The predicted molar refractivity (Wildman–Crippen MR) is 103 cm³/mol. The fourth-order valence-corrected chi connectivity index (χ4v) is 4.60. The van der Waals surface area contributed by atoms with Crippen LogP contribution in [0.4, 0.5) is 0 Å². The number of benzene rings is 1. The Labute approximate surface area is 152 Å². The van der Waals surface area contributed by atoms with Gasteiger partial charge in [0.2, 0.25) is 0 Å². The van der Waals surface area contributed by atoms with Gasteiger partial charge in [-0.2, -0.15) is 0 Å². The quantitative estimate of drug-likeness (QED) is 0.263. The van der Waals surface area contributed by atoms with Crippen LogP contribution in [-0.4, -0.2) is 14.0 Å². The minimum absolute atomic E-state index is 0.681. The molecule has 1 aromatic rings. The van der Waals surface area contributed by atoms with Crippen LogP contribution < -0.4 is 4.74 Å². The van der Waals surface area contributed by atoms with E-state index in [0.717, 1.165) is 24.8 Å². The molecule has 1 aliphatic carbocycles. The monoisotopic (exact) mass is 371 g/mol. The van der Waals surface area contributed by atoms with Crippen molar-refractivity contribution in [1.82, 2.24) is 0 Å². The maximum Gasteiger partial charge on any atom is 0.274 e. The molecule has 2 rings (SSSR count). The van der Waals surface area contributed by atoms with Gasteiger partial charge in [0.05, 0.1) is 6.61 Å². The molecule has 0 N–H and O–H groups in total. The van der Waals surface area contributed by atoms with Crippen LogP contribution in [0.15, 0.2) is 18.2 Å². The van der Waals surface area contributed by atoms with Gasteiger partial charge >= 0.3 is 0 Å². The van der Waals surface area contributed by atoms with Gasteiger partial charge in [-0.05, 0) is 61.3 Å². The Morgan fingerprint density at radius 3 is 2.61 bits per heavy atom. The lowest BCUT2D eigenvalue weighted by atomic mass is 9.83. The van der Waals surface area contributed by atoms with Gasteiger partial charge in [-0.15, -0.1) is 22.2 Å². The number of hydrogen-bond donors (Lipinski definition) is 0. The summed E-state index contributed by atoms with van der Waals surface area (Å²) in [5, 5.41) is 0. The summed E-state index contributed by atoms with van der Waals surface area (Å²) in [4.78, 5) is 0. The smallest absolute Gasteiger partial charge is 0.274 e. The first-order chi connectivity index (χ1) is 11.2. The molecule has 1 aliphatic rings. The molecule has 1 fully saturated rings. The molecule has 0 heterocycles. The fraction of sp³-hybridized carbons (Fsp3) is 0.684. The van der Waals surface area contributed by atoms with Gasteiger partial charge in [0, 0.05) is 0 Å². The third kappa shape index (κ3) is 6.68. The lowest BCUT2D eigenvalue weighted by Crippen LogP contribution is -2.09. The van der Waals surface area contributed by atoms with Crippen LogP contribution in [0, 0.1) is 0 Å². The molecule has 0 unspecified atom stereocenters. The molecule has 1 aromatic carbocycles. The van der Waals surface area contributed by atoms with Crippen LogP contribution in [0.2, 0.25) is 6.04 Å². The predicted octanol–water partition coefficient (Wildman–Crippen LogP) is 6.81. The summed E-state index contributed by atoms with van der Waals surface area (Å²) in [6.07, 6.45) is 11.4. The molecular formula is C19H29Cl2OSi. The highest BCUT2D eigenvalue weighted by molar-refractivity contribution is 7.33. The highest BCUT2D eigenvalue weighted by atomic mass is 35.7. The molecule has 23 heavy (non-hydrogen) atoms. The highest BCUT2D eigenvalue weighted by Crippen LogP contribution is 2.38. The zero-order valence-corrected chi connectivity index (χ0v) is 16.8. The molecule has 0 bridgehead atoms. The molecule has 1 radical (unpaired) electrons. The second-order valence-electron chi connectivity index (χ2n) is 6.60. The van der Waals surface area contributed by atoms with Crippen molar-refractivity contribution in [3.8, 4) is 5.75 Å². The first-order valence-electron chi connectivity index (χ1n) is 9.13. The first kappa shape index (κ1) is 19.1. The van der Waals surface area contributed by atoms with Crippen LogP contribution in [0.3, 0.4) is 0 Å². The van der Waals surface area contributed by atoms with Crippen LogP contribution in [0.5, 0.6) is 5.75 Å². The first-order valence-corrected chi connectivity index (χ1v) is 12.9. The Morgan fingerprint density at radius 1 is 1.13 bits per heavy atom. The van der Waals surface area contributed by atoms with Crippen molar-refractivity contribution >= 4 is 29.6 Å². The van der Waals surface area contributed by atoms with Crippen molar-refractivity contribution < 1.29 is 4.74 Å². The van der Waals surface area contributed by atoms with E-state index in [1.54, 1.807) is 0 Å². The fourth-order valence-electron chi connectivity index (χ4n) is 3.39. The number of rotatable bonds is 9. The molecule has 1 nitrogen and oxygen atoms in total. The average Bonchev–Trinajstić information content (AvgIpc) is 2.58. The molecule has 129 valence electrons. The molecule has 0 atom stereocenters. The van der Waals surface area contributed by atoms with E-state index in [0.29, 0.717) is 5.92 Å². The Bertz CT molecular complexity index is 459. The minimum Gasteiger partial charge on any atom is -0.493 e. The van der Waals surface area contributed by atoms with E-state index in [-0.39, 0.29) is 0 Å². The van der Waals surface area contributed by atoms with Crippen LogP contribution >= 0.6 is 22.2 Å². The van der Waals surface area contributed by atoms with Crippen molar-refractivity contribution in [1.29, 1.82) is 0 Å². The van der Waals surface area contributed by atoms with E-state index in [9.17, 15) is 0 Å². The normalized spacial score (nSPS) is 16.0. The molecule has 0 saturated heterocycles. The van der Waals surface area contributed by atoms with E-state index in [4.69, 9.17) is 26.9 Å². The van der Waals surface area contributed by atoms with Crippen molar-refractivity contribution in [2.24, 2.45) is 0 Å². The number of unbranched alkanes of at least 4 members (excludes halogenated alkanes) is 1. The molecular weight excluding hydrogens is 343 g/mol. The third-order valence-corrected chi connectivity index (χ3v) is 6.57. The standard InChI is InChI=1S/C19H29Cl2OSi/c1-2-3-8-16-11-12-19(22-13-7-14-23(20)21)18(15-16)17-9-5-4-6-10-17/h11-12,15,17H,2-10,13-14H2,1H3. The summed E-state index contributed by atoms with van der Waals surface area (Å²) in [6.45, 7) is 2.98. The number of halogens is 2. The summed E-state index contributed by atoms with van der Waals surface area (Å²) < 4.78 is 6.10. The summed E-state index contributed by atoms with van der Waals surface area (Å²) in [7, 11) is -1.17. The Hall–Kier alpha value is -0.183. The number of hydrogen-bond acceptors (Lipinski definition) is 1. The lowest BCUT2D eigenvalue weighted by Gasteiger charge is -2.25. The molecule has 0 amide bonds. The Morgan fingerprint density at radius 2 is 1.91 bits per heavy atom. The lowest BCUT2D eigenvalue weighted by molar-refractivity contribution is 0.307. The second-order valence-corrected chi connectivity index (χ2v) is 11.1. The second kappa shape index (κ2) is 10.6. The molecule has 4 heteroatoms. The SMILES string of the molecule is CCCCc1ccc(OCCC[Si](Cl)Cl)c(C2CCCCC2)c1. The molecule has 0 aliphatic heterocycles. The van der Waals surface area contributed by atoms with Crippen LogP contribution in [0.25, 0.3) is 0 Å². The maximum atomic E-state index is 6.10. The van der Waals surface area contributed by atoms with Gasteiger partial charge in [-0.25, -0.2) is 0 Å². The number of ether oxygens (including phenoxy) is 1. The van der Waals surface area contributed by atoms with Crippen molar-refractivity contribution in [2.45, 2.75) is 76.7 Å². The van der Waals surface area contributed by atoms with Gasteiger partial charge in [0.1, 0.15) is 5.75 Å². The topological polar surface area (TPSA) is 9.23 Å². The maximum absolute atomic E-state index is 6.10. The zero-order valence-electron chi connectivity index (χ0n) is 14.3. The van der Waals surface area contributed by atoms with E-state index in [2.05, 4.69) is 25.1 Å². The number of aryl methyl sites for hydroxylation is 1.